The summed E-state index contributed by atoms with van der Waals surface area (Å²) in [6.07, 6.45) is 1.42. The summed E-state index contributed by atoms with van der Waals surface area (Å²) in [5.74, 6) is -2.34. The third-order valence-electron chi connectivity index (χ3n) is 6.39. The number of amides is 1. The first-order chi connectivity index (χ1) is 19.1. The molecule has 18 heteroatoms. The molecular formula is C23H24ClF3N8O5S. The van der Waals surface area contributed by atoms with E-state index in [0.29, 0.717) is 29.3 Å². The lowest BCUT2D eigenvalue weighted by Gasteiger charge is -2.35. The maximum Gasteiger partial charge on any atom is 0.490 e. The molecule has 41 heavy (non-hydrogen) atoms. The summed E-state index contributed by atoms with van der Waals surface area (Å²) in [6, 6.07) is 2.97. The molecule has 4 N–H and O–H groups in total. The average molecular weight is 617 g/mol. The van der Waals surface area contributed by atoms with Crippen molar-refractivity contribution >= 4 is 56.1 Å². The third kappa shape index (κ3) is 6.00. The zero-order valence-corrected chi connectivity index (χ0v) is 23.1. The van der Waals surface area contributed by atoms with E-state index in [0.717, 1.165) is 11.4 Å². The van der Waals surface area contributed by atoms with Gasteiger partial charge in [0.25, 0.3) is 5.91 Å². The van der Waals surface area contributed by atoms with Crippen molar-refractivity contribution in [2.45, 2.75) is 31.3 Å². The third-order valence-corrected chi connectivity index (χ3v) is 8.82. The molecule has 0 radical (unpaired) electrons. The molecule has 0 saturated carbocycles. The topological polar surface area (TPSA) is 177 Å². The smallest absolute Gasteiger partial charge is 0.475 e. The van der Waals surface area contributed by atoms with Gasteiger partial charge in [0.15, 0.2) is 21.3 Å². The lowest BCUT2D eigenvalue weighted by atomic mass is 10.1. The van der Waals surface area contributed by atoms with Gasteiger partial charge in [0, 0.05) is 31.0 Å². The fourth-order valence-corrected chi connectivity index (χ4v) is 5.86. The van der Waals surface area contributed by atoms with Gasteiger partial charge in [-0.3, -0.25) is 9.20 Å². The van der Waals surface area contributed by atoms with Gasteiger partial charge in [-0.2, -0.15) is 13.2 Å². The van der Waals surface area contributed by atoms with E-state index < -0.39 is 39.2 Å². The van der Waals surface area contributed by atoms with E-state index in [9.17, 15) is 26.4 Å². The molecule has 5 rings (SSSR count). The molecular weight excluding hydrogens is 593 g/mol. The number of rotatable bonds is 4. The molecule has 0 bridgehead atoms. The minimum Gasteiger partial charge on any atom is -0.475 e. The molecule has 0 aromatic carbocycles. The Morgan fingerprint density at radius 3 is 2.63 bits per heavy atom. The highest BCUT2D eigenvalue weighted by Crippen LogP contribution is 2.34. The van der Waals surface area contributed by atoms with E-state index >= 15 is 0 Å². The summed E-state index contributed by atoms with van der Waals surface area (Å²) in [7, 11) is -3.15. The van der Waals surface area contributed by atoms with Gasteiger partial charge in [0.1, 0.15) is 17.7 Å². The van der Waals surface area contributed by atoms with Crippen LogP contribution in [0.3, 0.4) is 0 Å². The minimum atomic E-state index is -5.08. The quantitative estimate of drug-likeness (QED) is 0.308. The highest BCUT2D eigenvalue weighted by Gasteiger charge is 2.38. The van der Waals surface area contributed by atoms with E-state index in [-0.39, 0.29) is 17.1 Å². The summed E-state index contributed by atoms with van der Waals surface area (Å²) in [5.41, 5.74) is 7.95. The van der Waals surface area contributed by atoms with E-state index in [1.54, 1.807) is 44.0 Å². The Morgan fingerprint density at radius 1 is 1.32 bits per heavy atom. The van der Waals surface area contributed by atoms with E-state index in [4.69, 9.17) is 27.2 Å². The summed E-state index contributed by atoms with van der Waals surface area (Å²) in [6.45, 7) is 4.17. The van der Waals surface area contributed by atoms with Crippen LogP contribution in [0, 0.1) is 0 Å². The zero-order valence-electron chi connectivity index (χ0n) is 21.5. The summed E-state index contributed by atoms with van der Waals surface area (Å²) in [5, 5.41) is 14.2. The number of alkyl halides is 3. The molecule has 1 saturated heterocycles. The molecule has 5 heterocycles. The standard InChI is InChI=1S/C21H23ClN8O3S.C2HF3O2/c1-12-10-28(6-7-34(12,32)33)21-14(8-15(22)16-9-24-11-29(16)21)13(2)26-20(31)17-18(23)27-30-5-3-4-25-19(17)30;3-2(4,5)1(6)7/h3-5,8-9,11-13H,6-7,10H2,1-2H3,(H2,23,27)(H,26,31);(H,6,7). The number of carbonyl (C=O) groups is 2. The SMILES string of the molecule is CC(NC(=O)c1c(N)nn2cccnc12)c1cc(Cl)c2cncn2c1N1CCS(=O)(=O)C(C)C1.O=C(O)C(F)(F)F. The summed E-state index contributed by atoms with van der Waals surface area (Å²) >= 11 is 6.54. The summed E-state index contributed by atoms with van der Waals surface area (Å²) in [4.78, 5) is 32.6. The van der Waals surface area contributed by atoms with Crippen molar-refractivity contribution in [3.8, 4) is 0 Å². The lowest BCUT2D eigenvalue weighted by Crippen LogP contribution is -2.46. The number of nitrogens with one attached hydrogen (secondary N) is 1. The van der Waals surface area contributed by atoms with Crippen molar-refractivity contribution < 1.29 is 36.3 Å². The van der Waals surface area contributed by atoms with Crippen LogP contribution in [0.4, 0.5) is 24.8 Å². The molecule has 4 aromatic heterocycles. The fraction of sp³-hybridized carbons (Fsp3) is 0.348. The van der Waals surface area contributed by atoms with E-state index in [1.807, 2.05) is 16.2 Å². The monoisotopic (exact) mass is 616 g/mol. The van der Waals surface area contributed by atoms with Gasteiger partial charge < -0.3 is 21.1 Å². The number of nitrogen functional groups attached to an aromatic ring is 1. The van der Waals surface area contributed by atoms with Crippen LogP contribution in [0.1, 0.15) is 35.8 Å². The highest BCUT2D eigenvalue weighted by atomic mass is 35.5. The van der Waals surface area contributed by atoms with Crippen molar-refractivity contribution in [2.24, 2.45) is 0 Å². The number of anilines is 2. The number of carbonyl (C=O) groups excluding carboxylic acids is 1. The van der Waals surface area contributed by atoms with Crippen LogP contribution >= 0.6 is 11.6 Å². The van der Waals surface area contributed by atoms with Crippen molar-refractivity contribution in [3.05, 3.63) is 53.2 Å². The molecule has 0 aliphatic carbocycles. The lowest BCUT2D eigenvalue weighted by molar-refractivity contribution is -0.192. The van der Waals surface area contributed by atoms with Gasteiger partial charge in [-0.15, -0.1) is 5.10 Å². The van der Waals surface area contributed by atoms with Crippen molar-refractivity contribution in [1.29, 1.82) is 0 Å². The largest absolute Gasteiger partial charge is 0.490 e. The number of fused-ring (bicyclic) bond motifs is 2. The molecule has 0 spiro atoms. The Morgan fingerprint density at radius 2 is 2.00 bits per heavy atom. The van der Waals surface area contributed by atoms with Crippen LogP contribution in [0.25, 0.3) is 11.2 Å². The van der Waals surface area contributed by atoms with Crippen LogP contribution in [-0.2, 0) is 14.6 Å². The number of hydrogen-bond acceptors (Lipinski definition) is 9. The molecule has 1 fully saturated rings. The Balaban J connectivity index is 0.000000493. The maximum absolute atomic E-state index is 13.2. The molecule has 220 valence electrons. The Kier molecular flexibility index (Phi) is 8.04. The minimum absolute atomic E-state index is 0.0394. The summed E-state index contributed by atoms with van der Waals surface area (Å²) < 4.78 is 59.6. The van der Waals surface area contributed by atoms with Crippen LogP contribution < -0.4 is 16.0 Å². The number of aliphatic carboxylic acids is 1. The first-order valence-electron chi connectivity index (χ1n) is 11.9. The number of nitrogens with zero attached hydrogens (tertiary/aromatic N) is 6. The number of sulfone groups is 1. The number of halogens is 4. The Hall–Kier alpha value is -4.12. The molecule has 1 aliphatic rings. The second-order valence-electron chi connectivity index (χ2n) is 9.19. The Bertz CT molecular complexity index is 1740. The van der Waals surface area contributed by atoms with E-state index in [2.05, 4.69) is 20.4 Å². The molecule has 13 nitrogen and oxygen atoms in total. The zero-order chi connectivity index (χ0) is 30.3. The van der Waals surface area contributed by atoms with Gasteiger partial charge in [-0.1, -0.05) is 11.6 Å². The van der Waals surface area contributed by atoms with Gasteiger partial charge in [-0.25, -0.2) is 27.7 Å². The number of carboxylic acids is 1. The molecule has 1 aliphatic heterocycles. The second kappa shape index (κ2) is 11.0. The fourth-order valence-electron chi connectivity index (χ4n) is 4.32. The normalized spacial score (nSPS) is 17.6. The van der Waals surface area contributed by atoms with Gasteiger partial charge >= 0.3 is 12.1 Å². The Labute approximate surface area is 235 Å². The van der Waals surface area contributed by atoms with E-state index in [1.165, 1.54) is 4.52 Å². The number of nitrogens with two attached hydrogens (primary N) is 1. The number of carboxylic acid groups (broad SMARTS) is 1. The number of pyridine rings is 1. The first kappa shape index (κ1) is 29.9. The van der Waals surface area contributed by atoms with Crippen molar-refractivity contribution in [3.63, 3.8) is 0 Å². The highest BCUT2D eigenvalue weighted by molar-refractivity contribution is 7.92. The number of imidazole rings is 1. The second-order valence-corrected chi connectivity index (χ2v) is 12.1. The molecule has 2 unspecified atom stereocenters. The predicted octanol–water partition coefficient (Wildman–Crippen LogP) is 2.36. The van der Waals surface area contributed by atoms with Gasteiger partial charge in [-0.05, 0) is 26.0 Å². The van der Waals surface area contributed by atoms with Crippen molar-refractivity contribution in [1.82, 2.24) is 29.3 Å². The first-order valence-corrected chi connectivity index (χ1v) is 14.0. The molecule has 2 atom stereocenters. The van der Waals surface area contributed by atoms with Crippen LogP contribution in [0.5, 0.6) is 0 Å². The number of hydrogen-bond donors (Lipinski definition) is 3. The predicted molar refractivity (Wildman–Crippen MR) is 143 cm³/mol. The molecule has 1 amide bonds. The molecule has 4 aromatic rings. The van der Waals surface area contributed by atoms with Crippen LogP contribution in [0.2, 0.25) is 5.02 Å². The van der Waals surface area contributed by atoms with Gasteiger partial charge in [0.05, 0.1) is 33.8 Å². The van der Waals surface area contributed by atoms with Crippen LogP contribution in [-0.4, -0.2) is 79.7 Å². The van der Waals surface area contributed by atoms with Gasteiger partial charge in [0.2, 0.25) is 0 Å². The van der Waals surface area contributed by atoms with Crippen molar-refractivity contribution in [2.75, 3.05) is 29.5 Å². The number of aromatic nitrogens is 5. The average Bonchev–Trinajstić information content (AvgIpc) is 3.50. The van der Waals surface area contributed by atoms with Crippen LogP contribution in [0.15, 0.2) is 37.1 Å². The maximum atomic E-state index is 13.2.